The first-order chi connectivity index (χ1) is 15.7. The van der Waals surface area contributed by atoms with E-state index in [1.807, 2.05) is 61.5 Å². The van der Waals surface area contributed by atoms with Crippen LogP contribution in [0.2, 0.25) is 0 Å². The largest absolute Gasteiger partial charge is 0.465 e. The molecule has 3 N–H and O–H groups in total. The number of nitrogens with two attached hydrogens (primary N) is 1. The Bertz CT molecular complexity index is 1250. The quantitative estimate of drug-likeness (QED) is 0.187. The molecule has 0 radical (unpaired) electrons. The summed E-state index contributed by atoms with van der Waals surface area (Å²) in [5, 5.41) is 12.2. The molecule has 3 aromatic carbocycles. The summed E-state index contributed by atoms with van der Waals surface area (Å²) >= 11 is 0. The smallest absolute Gasteiger partial charge is 0.297 e. The molecule has 0 aliphatic carbocycles. The molecule has 0 bridgehead atoms. The first-order valence-corrected chi connectivity index (χ1v) is 10.4. The zero-order valence-corrected chi connectivity index (χ0v) is 18.2. The van der Waals surface area contributed by atoms with Crippen LogP contribution in [0.25, 0.3) is 22.2 Å². The van der Waals surface area contributed by atoms with Gasteiger partial charge in [0.2, 0.25) is 0 Å². The highest BCUT2D eigenvalue weighted by atomic mass is 16.5. The Morgan fingerprint density at radius 2 is 1.84 bits per heavy atom. The van der Waals surface area contributed by atoms with Crippen LogP contribution >= 0.6 is 0 Å². The molecule has 1 aromatic heterocycles. The Labute approximate surface area is 186 Å². The first kappa shape index (κ1) is 21.4. The van der Waals surface area contributed by atoms with E-state index in [2.05, 4.69) is 26.8 Å². The zero-order chi connectivity index (χ0) is 22.5. The van der Waals surface area contributed by atoms with Crippen molar-refractivity contribution in [3.8, 4) is 17.1 Å². The maximum Gasteiger partial charge on any atom is 0.297 e. The molecule has 0 atom stereocenters. The third-order valence-electron chi connectivity index (χ3n) is 5.30. The average Bonchev–Trinajstić information content (AvgIpc) is 3.17. The van der Waals surface area contributed by atoms with E-state index in [0.717, 1.165) is 33.3 Å². The number of oxime groups is 1. The molecule has 0 saturated heterocycles. The molecule has 7 heteroatoms. The van der Waals surface area contributed by atoms with Crippen LogP contribution in [0.15, 0.2) is 71.9 Å². The van der Waals surface area contributed by atoms with Crippen molar-refractivity contribution in [2.75, 3.05) is 13.7 Å². The van der Waals surface area contributed by atoms with Crippen molar-refractivity contribution >= 4 is 16.9 Å². The highest BCUT2D eigenvalue weighted by Crippen LogP contribution is 2.28. The minimum Gasteiger partial charge on any atom is -0.465 e. The van der Waals surface area contributed by atoms with Crippen molar-refractivity contribution < 1.29 is 14.7 Å². The van der Waals surface area contributed by atoms with Crippen LogP contribution in [0.3, 0.4) is 0 Å². The number of hydrogen-bond acceptors (Lipinski definition) is 5. The maximum absolute atomic E-state index is 9.10. The van der Waals surface area contributed by atoms with E-state index in [4.69, 9.17) is 20.4 Å². The van der Waals surface area contributed by atoms with E-state index >= 15 is 0 Å². The number of para-hydroxylation sites is 1. The Morgan fingerprint density at radius 1 is 1.06 bits per heavy atom. The third-order valence-corrected chi connectivity index (χ3v) is 5.30. The topological polar surface area (TPSA) is 94.9 Å². The van der Waals surface area contributed by atoms with Gasteiger partial charge >= 0.3 is 0 Å². The van der Waals surface area contributed by atoms with Crippen molar-refractivity contribution in [3.63, 3.8) is 0 Å². The predicted molar refractivity (Wildman–Crippen MR) is 125 cm³/mol. The minimum atomic E-state index is 0.0848. The molecule has 0 unspecified atom stereocenters. The summed E-state index contributed by atoms with van der Waals surface area (Å²) in [4.78, 5) is 4.68. The fourth-order valence-electron chi connectivity index (χ4n) is 3.88. The van der Waals surface area contributed by atoms with E-state index < -0.39 is 0 Å². The van der Waals surface area contributed by atoms with Crippen molar-refractivity contribution in [1.82, 2.24) is 9.55 Å². The number of amidine groups is 1. The van der Waals surface area contributed by atoms with Gasteiger partial charge in [-0.15, -0.1) is 0 Å². The molecule has 0 aliphatic heterocycles. The molecule has 0 fully saturated rings. The Hall–Kier alpha value is -3.84. The number of rotatable bonds is 8. The van der Waals surface area contributed by atoms with Gasteiger partial charge in [-0.25, -0.2) is 0 Å². The normalized spacial score (nSPS) is 11.8. The van der Waals surface area contributed by atoms with Crippen LogP contribution in [0.4, 0.5) is 0 Å². The van der Waals surface area contributed by atoms with Crippen LogP contribution in [-0.2, 0) is 17.9 Å². The van der Waals surface area contributed by atoms with Crippen LogP contribution in [-0.4, -0.2) is 34.3 Å². The lowest BCUT2D eigenvalue weighted by Gasteiger charge is -2.13. The van der Waals surface area contributed by atoms with E-state index in [1.54, 1.807) is 7.11 Å². The Morgan fingerprint density at radius 3 is 2.56 bits per heavy atom. The van der Waals surface area contributed by atoms with Gasteiger partial charge in [0.15, 0.2) is 5.84 Å². The van der Waals surface area contributed by atoms with Gasteiger partial charge in [0.1, 0.15) is 0 Å². The average molecular weight is 431 g/mol. The fraction of sp³-hybridized carbons (Fsp3) is 0.200. The second kappa shape index (κ2) is 9.53. The van der Waals surface area contributed by atoms with Crippen LogP contribution in [0, 0.1) is 0 Å². The van der Waals surface area contributed by atoms with E-state index in [0.29, 0.717) is 31.3 Å². The summed E-state index contributed by atoms with van der Waals surface area (Å²) in [5.74, 6) is 0.0848. The van der Waals surface area contributed by atoms with Crippen molar-refractivity contribution in [1.29, 1.82) is 0 Å². The maximum atomic E-state index is 9.10. The molecule has 32 heavy (non-hydrogen) atoms. The summed E-state index contributed by atoms with van der Waals surface area (Å²) < 4.78 is 13.3. The predicted octanol–water partition coefficient (Wildman–Crippen LogP) is 4.39. The fourth-order valence-corrected chi connectivity index (χ4v) is 3.88. The molecule has 4 aromatic rings. The lowest BCUT2D eigenvalue weighted by molar-refractivity contribution is 0.185. The van der Waals surface area contributed by atoms with Gasteiger partial charge in [-0.1, -0.05) is 65.8 Å². The minimum absolute atomic E-state index is 0.0848. The number of ether oxygens (including phenoxy) is 2. The molecule has 7 nitrogen and oxygen atoms in total. The molecular formula is C25H26N4O3. The van der Waals surface area contributed by atoms with Gasteiger partial charge in [0.25, 0.3) is 6.01 Å². The first-order valence-electron chi connectivity index (χ1n) is 10.4. The van der Waals surface area contributed by atoms with Gasteiger partial charge < -0.3 is 20.4 Å². The lowest BCUT2D eigenvalue weighted by atomic mass is 9.98. The Balaban J connectivity index is 1.71. The van der Waals surface area contributed by atoms with Gasteiger partial charge in [-0.3, -0.25) is 4.57 Å². The lowest BCUT2D eigenvalue weighted by Crippen LogP contribution is -2.14. The summed E-state index contributed by atoms with van der Waals surface area (Å²) in [6.45, 7) is 3.59. The van der Waals surface area contributed by atoms with E-state index in [-0.39, 0.29) is 5.84 Å². The summed E-state index contributed by atoms with van der Waals surface area (Å²) in [5.41, 5.74) is 12.5. The number of fused-ring (bicyclic) bond motifs is 1. The molecule has 1 heterocycles. The molecule has 0 aliphatic rings. The molecule has 0 spiro atoms. The molecule has 0 amide bonds. The molecular weight excluding hydrogens is 404 g/mol. The van der Waals surface area contributed by atoms with E-state index in [1.165, 1.54) is 0 Å². The SMILES string of the molecule is CCOc1nc2cccc(COC)c2n1Cc1ccc(-c2ccccc2C(N)=NO)cc1. The van der Waals surface area contributed by atoms with E-state index in [9.17, 15) is 0 Å². The van der Waals surface area contributed by atoms with Crippen LogP contribution in [0.5, 0.6) is 6.01 Å². The number of aromatic nitrogens is 2. The van der Waals surface area contributed by atoms with Crippen molar-refractivity contribution in [2.24, 2.45) is 10.9 Å². The number of imidazole rings is 1. The standard InChI is InChI=1S/C25H26N4O3/c1-3-32-25-27-22-10-6-7-19(16-31-2)23(22)29(25)15-17-11-13-18(14-12-17)20-8-4-5-9-21(20)24(26)28-30/h4-14,30H,3,15-16H2,1-2H3,(H2,26,28). The zero-order valence-electron chi connectivity index (χ0n) is 18.2. The van der Waals surface area contributed by atoms with Gasteiger partial charge in [0, 0.05) is 18.2 Å². The molecule has 0 saturated carbocycles. The van der Waals surface area contributed by atoms with Crippen molar-refractivity contribution in [3.05, 3.63) is 83.4 Å². The molecule has 4 rings (SSSR count). The molecule has 164 valence electrons. The second-order valence-electron chi connectivity index (χ2n) is 7.36. The summed E-state index contributed by atoms with van der Waals surface area (Å²) in [6.07, 6.45) is 0. The van der Waals surface area contributed by atoms with Crippen LogP contribution < -0.4 is 10.5 Å². The third kappa shape index (κ3) is 4.15. The number of hydrogen-bond donors (Lipinski definition) is 2. The summed E-state index contributed by atoms with van der Waals surface area (Å²) in [6, 6.07) is 22.4. The van der Waals surface area contributed by atoms with Gasteiger partial charge in [-0.2, -0.15) is 4.98 Å². The summed E-state index contributed by atoms with van der Waals surface area (Å²) in [7, 11) is 1.69. The number of nitrogens with zero attached hydrogens (tertiary/aromatic N) is 3. The number of benzene rings is 3. The number of methoxy groups -OCH3 is 1. The highest BCUT2D eigenvalue weighted by Gasteiger charge is 2.16. The second-order valence-corrected chi connectivity index (χ2v) is 7.36. The Kier molecular flexibility index (Phi) is 6.37. The van der Waals surface area contributed by atoms with Crippen molar-refractivity contribution in [2.45, 2.75) is 20.1 Å². The van der Waals surface area contributed by atoms with Crippen LogP contribution in [0.1, 0.15) is 23.6 Å². The van der Waals surface area contributed by atoms with Gasteiger partial charge in [0.05, 0.1) is 30.8 Å². The van der Waals surface area contributed by atoms with Gasteiger partial charge in [-0.05, 0) is 29.7 Å². The monoisotopic (exact) mass is 430 g/mol. The highest BCUT2D eigenvalue weighted by molar-refractivity contribution is 6.03.